The van der Waals surface area contributed by atoms with Crippen molar-refractivity contribution in [3.63, 3.8) is 0 Å². The van der Waals surface area contributed by atoms with Crippen LogP contribution in [0.4, 0.5) is 0 Å². The zero-order chi connectivity index (χ0) is 34.1. The van der Waals surface area contributed by atoms with Crippen LogP contribution in [0.1, 0.15) is 122 Å². The summed E-state index contributed by atoms with van der Waals surface area (Å²) in [6, 6.07) is 16.4. The van der Waals surface area contributed by atoms with Crippen LogP contribution in [0.15, 0.2) is 109 Å². The van der Waals surface area contributed by atoms with Gasteiger partial charge in [0.2, 0.25) is 0 Å². The Kier molecular flexibility index (Phi) is 38.0. The van der Waals surface area contributed by atoms with E-state index in [0.717, 1.165) is 37.9 Å². The lowest BCUT2D eigenvalue weighted by molar-refractivity contribution is 0.101. The van der Waals surface area contributed by atoms with E-state index in [2.05, 4.69) is 96.1 Å². The summed E-state index contributed by atoms with van der Waals surface area (Å²) in [5, 5.41) is 3.31. The summed E-state index contributed by atoms with van der Waals surface area (Å²) in [5.41, 5.74) is 8.34. The first-order valence-electron chi connectivity index (χ1n) is 16.1. The molecule has 43 heavy (non-hydrogen) atoms. The van der Waals surface area contributed by atoms with Crippen molar-refractivity contribution < 1.29 is 4.79 Å². The molecule has 0 aliphatic heterocycles. The zero-order valence-corrected chi connectivity index (χ0v) is 30.2. The first-order valence-corrected chi connectivity index (χ1v) is 16.1. The molecule has 0 fully saturated rings. The second-order valence-electron chi connectivity index (χ2n) is 9.49. The molecule has 2 aromatic carbocycles. The maximum Gasteiger partial charge on any atom is 0.159 e. The summed E-state index contributed by atoms with van der Waals surface area (Å²) in [6.45, 7) is 37.2. The topological polar surface area (TPSA) is 29.1 Å². The van der Waals surface area contributed by atoms with Crippen LogP contribution in [0, 0.1) is 6.92 Å². The van der Waals surface area contributed by atoms with Gasteiger partial charge < -0.3 is 5.32 Å². The van der Waals surface area contributed by atoms with E-state index in [1.807, 2.05) is 71.9 Å². The van der Waals surface area contributed by atoms with Crippen LogP contribution in [0.2, 0.25) is 0 Å². The highest BCUT2D eigenvalue weighted by Gasteiger charge is 2.00. The minimum absolute atomic E-state index is 0.127. The number of carbonyl (C=O) groups is 1. The number of ketones is 1. The normalized spacial score (nSPS) is 9.53. The van der Waals surface area contributed by atoms with Crippen molar-refractivity contribution in [1.82, 2.24) is 5.32 Å². The molecule has 0 atom stereocenters. The smallest absolute Gasteiger partial charge is 0.159 e. The Balaban J connectivity index is -0.000000247. The third kappa shape index (κ3) is 30.0. The molecule has 242 valence electrons. The van der Waals surface area contributed by atoms with E-state index in [9.17, 15) is 4.79 Å². The largest absolute Gasteiger partial charge is 0.313 e. The van der Waals surface area contributed by atoms with Gasteiger partial charge in [0.1, 0.15) is 0 Å². The molecule has 0 aliphatic rings. The van der Waals surface area contributed by atoms with E-state index in [-0.39, 0.29) is 5.78 Å². The standard InChI is InChI=1S/C14H18.C12H17NO.C8H14.C3H6.2C2H6/c1-5-12(3)13(4)10-14-8-6-7-11(2)9-14;1-3-7-13-9-11-5-4-6-12(8-11)10(2)14;1-4-6-8(3)7-5-2;1-3-2;2*1-2/h5-9H,4,10H2,1-3H3;4-6,8,13H,3,7,9H2,1-2H3;4,6H,3,5,7H2,1-2H3;3H,1H2,2H3;2*1-2H3/b12-5+;;6-4+;;;. The van der Waals surface area contributed by atoms with E-state index in [4.69, 9.17) is 0 Å². The summed E-state index contributed by atoms with van der Waals surface area (Å²) in [6.07, 6.45) is 12.4. The summed E-state index contributed by atoms with van der Waals surface area (Å²) < 4.78 is 0. The van der Waals surface area contributed by atoms with E-state index in [1.165, 1.54) is 39.8 Å². The number of nitrogens with one attached hydrogen (secondary N) is 1. The Morgan fingerprint density at radius 2 is 1.42 bits per heavy atom. The quantitative estimate of drug-likeness (QED) is 0.122. The summed E-state index contributed by atoms with van der Waals surface area (Å²) >= 11 is 0. The molecule has 0 aliphatic carbocycles. The van der Waals surface area contributed by atoms with Gasteiger partial charge in [0, 0.05) is 12.1 Å². The fraction of sp³-hybridized carbons (Fsp3) is 0.439. The van der Waals surface area contributed by atoms with Gasteiger partial charge in [0.05, 0.1) is 0 Å². The first-order chi connectivity index (χ1) is 20.6. The second kappa shape index (κ2) is 35.0. The lowest BCUT2D eigenvalue weighted by Crippen LogP contribution is -2.13. The van der Waals surface area contributed by atoms with Crippen LogP contribution >= 0.6 is 0 Å². The number of rotatable bonds is 11. The van der Waals surface area contributed by atoms with E-state index >= 15 is 0 Å². The molecule has 0 amide bonds. The van der Waals surface area contributed by atoms with Crippen molar-refractivity contribution in [3.05, 3.63) is 132 Å². The molecule has 0 unspecified atom stereocenters. The molecular weight excluding hydrogens is 522 g/mol. The Bertz CT molecular complexity index is 1040. The van der Waals surface area contributed by atoms with Gasteiger partial charge in [-0.2, -0.15) is 0 Å². The van der Waals surface area contributed by atoms with Crippen LogP contribution < -0.4 is 5.32 Å². The molecule has 1 N–H and O–H groups in total. The van der Waals surface area contributed by atoms with Gasteiger partial charge in [0.15, 0.2) is 5.78 Å². The van der Waals surface area contributed by atoms with Crippen molar-refractivity contribution in [2.45, 2.75) is 115 Å². The van der Waals surface area contributed by atoms with Gasteiger partial charge in [-0.15, -0.1) is 6.58 Å². The predicted molar refractivity (Wildman–Crippen MR) is 199 cm³/mol. The summed E-state index contributed by atoms with van der Waals surface area (Å²) in [5.74, 6) is 0.127. The molecule has 2 rings (SSSR count). The molecule has 2 heteroatoms. The van der Waals surface area contributed by atoms with Crippen molar-refractivity contribution in [3.8, 4) is 0 Å². The van der Waals surface area contributed by atoms with E-state index in [0.29, 0.717) is 0 Å². The van der Waals surface area contributed by atoms with Gasteiger partial charge >= 0.3 is 0 Å². The Morgan fingerprint density at radius 1 is 0.860 bits per heavy atom. The van der Waals surface area contributed by atoms with Crippen molar-refractivity contribution in [1.29, 1.82) is 0 Å². The number of benzene rings is 2. The van der Waals surface area contributed by atoms with Crippen LogP contribution in [0.25, 0.3) is 0 Å². The highest BCUT2D eigenvalue weighted by Crippen LogP contribution is 2.14. The highest BCUT2D eigenvalue weighted by molar-refractivity contribution is 5.94. The van der Waals surface area contributed by atoms with Gasteiger partial charge in [-0.3, -0.25) is 4.79 Å². The number of hydrogen-bond donors (Lipinski definition) is 1. The molecular formula is C41H67NO. The van der Waals surface area contributed by atoms with Crippen LogP contribution in [-0.4, -0.2) is 12.3 Å². The van der Waals surface area contributed by atoms with Crippen molar-refractivity contribution in [2.24, 2.45) is 0 Å². The SMILES string of the molecule is C=C(/C=C/C)CCC.C=C(Cc1cccc(C)c1)/C(C)=C/C.C=CC.CC.CC.CCCNCc1cccc(C(C)=O)c1. The molecule has 0 heterocycles. The molecule has 0 radical (unpaired) electrons. The number of aryl methyl sites for hydroxylation is 1. The lowest BCUT2D eigenvalue weighted by atomic mass is 9.99. The minimum atomic E-state index is 0.127. The summed E-state index contributed by atoms with van der Waals surface area (Å²) in [4.78, 5) is 11.1. The number of allylic oxidation sites excluding steroid dienone is 7. The molecule has 0 bridgehead atoms. The van der Waals surface area contributed by atoms with Gasteiger partial charge in [-0.25, -0.2) is 0 Å². The highest BCUT2D eigenvalue weighted by atomic mass is 16.1. The monoisotopic (exact) mass is 590 g/mol. The molecule has 2 aromatic rings. The van der Waals surface area contributed by atoms with E-state index < -0.39 is 0 Å². The molecule has 2 nitrogen and oxygen atoms in total. The fourth-order valence-electron chi connectivity index (χ4n) is 3.36. The van der Waals surface area contributed by atoms with Gasteiger partial charge in [-0.05, 0) is 90.1 Å². The third-order valence-corrected chi connectivity index (χ3v) is 5.55. The minimum Gasteiger partial charge on any atom is -0.313 e. The number of carbonyl (C=O) groups excluding carboxylic acids is 1. The van der Waals surface area contributed by atoms with Crippen LogP contribution in [-0.2, 0) is 13.0 Å². The maximum atomic E-state index is 11.1. The predicted octanol–water partition coefficient (Wildman–Crippen LogP) is 12.6. The Morgan fingerprint density at radius 3 is 1.88 bits per heavy atom. The summed E-state index contributed by atoms with van der Waals surface area (Å²) in [7, 11) is 0. The third-order valence-electron chi connectivity index (χ3n) is 5.55. The van der Waals surface area contributed by atoms with Gasteiger partial charge in [-0.1, -0.05) is 145 Å². The number of hydrogen-bond acceptors (Lipinski definition) is 2. The van der Waals surface area contributed by atoms with Gasteiger partial charge in [0.25, 0.3) is 0 Å². The van der Waals surface area contributed by atoms with Crippen molar-refractivity contribution in [2.75, 3.05) is 6.54 Å². The Hall–Kier alpha value is -3.23. The van der Waals surface area contributed by atoms with Crippen molar-refractivity contribution >= 4 is 5.78 Å². The Labute approximate surface area is 268 Å². The van der Waals surface area contributed by atoms with Crippen LogP contribution in [0.3, 0.4) is 0 Å². The van der Waals surface area contributed by atoms with Crippen LogP contribution in [0.5, 0.6) is 0 Å². The second-order valence-corrected chi connectivity index (χ2v) is 9.49. The average molecular weight is 590 g/mol. The fourth-order valence-corrected chi connectivity index (χ4v) is 3.36. The number of Topliss-reactive ketones (excluding diaryl/α,β-unsaturated/α-hetero) is 1. The average Bonchev–Trinajstić information content (AvgIpc) is 3.00. The zero-order valence-electron chi connectivity index (χ0n) is 30.2. The molecule has 0 saturated carbocycles. The van der Waals surface area contributed by atoms with E-state index in [1.54, 1.807) is 13.0 Å². The molecule has 0 spiro atoms. The molecule has 0 saturated heterocycles. The first kappa shape index (κ1) is 46.7. The lowest BCUT2D eigenvalue weighted by Gasteiger charge is -2.06. The molecule has 0 aromatic heterocycles. The maximum absolute atomic E-state index is 11.1.